The second-order valence-electron chi connectivity index (χ2n) is 4.93. The Kier molecular flexibility index (Phi) is 3.29. The van der Waals surface area contributed by atoms with Crippen molar-refractivity contribution in [3.63, 3.8) is 0 Å². The summed E-state index contributed by atoms with van der Waals surface area (Å²) in [6.07, 6.45) is 2.44. The summed E-state index contributed by atoms with van der Waals surface area (Å²) >= 11 is 0. The zero-order chi connectivity index (χ0) is 13.2. The van der Waals surface area contributed by atoms with Crippen LogP contribution in [0.2, 0.25) is 0 Å². The third-order valence-electron chi connectivity index (χ3n) is 3.37. The van der Waals surface area contributed by atoms with Crippen molar-refractivity contribution in [3.8, 4) is 5.75 Å². The summed E-state index contributed by atoms with van der Waals surface area (Å²) in [6.45, 7) is 1.18. The molecule has 19 heavy (non-hydrogen) atoms. The minimum atomic E-state index is -0.0203. The number of nitrogens with zero attached hydrogens (tertiary/aromatic N) is 1. The lowest BCUT2D eigenvalue weighted by atomic mass is 10.2. The molecule has 1 aromatic carbocycles. The van der Waals surface area contributed by atoms with Gasteiger partial charge in [-0.3, -0.25) is 4.79 Å². The van der Waals surface area contributed by atoms with Crippen LogP contribution in [0.15, 0.2) is 18.2 Å². The molecule has 0 saturated heterocycles. The summed E-state index contributed by atoms with van der Waals surface area (Å²) in [6, 6.07) is 6.50. The van der Waals surface area contributed by atoms with Crippen molar-refractivity contribution in [2.45, 2.75) is 18.9 Å². The molecule has 1 aliphatic carbocycles. The van der Waals surface area contributed by atoms with E-state index >= 15 is 0 Å². The molecule has 0 unspecified atom stereocenters. The highest BCUT2D eigenvalue weighted by molar-refractivity contribution is 5.98. The van der Waals surface area contributed by atoms with Gasteiger partial charge in [0, 0.05) is 25.4 Å². The Morgan fingerprint density at radius 3 is 3.05 bits per heavy atom. The van der Waals surface area contributed by atoms with Crippen LogP contribution in [-0.2, 0) is 9.53 Å². The molecule has 1 fully saturated rings. The lowest BCUT2D eigenvalue weighted by Crippen LogP contribution is -2.40. The summed E-state index contributed by atoms with van der Waals surface area (Å²) in [7, 11) is 1.64. The lowest BCUT2D eigenvalue weighted by Gasteiger charge is -2.29. The average molecular weight is 262 g/mol. The Morgan fingerprint density at radius 2 is 2.32 bits per heavy atom. The highest BCUT2D eigenvalue weighted by Gasteiger charge is 2.26. The largest absolute Gasteiger partial charge is 0.482 e. The molecule has 0 radical (unpaired) electrons. The van der Waals surface area contributed by atoms with Crippen molar-refractivity contribution in [2.24, 2.45) is 0 Å². The van der Waals surface area contributed by atoms with Crippen LogP contribution in [0.3, 0.4) is 0 Å². The zero-order valence-corrected chi connectivity index (χ0v) is 11.0. The minimum absolute atomic E-state index is 0.0203. The van der Waals surface area contributed by atoms with Crippen LogP contribution in [0, 0.1) is 0 Å². The summed E-state index contributed by atoms with van der Waals surface area (Å²) in [5.41, 5.74) is 1.88. The van der Waals surface area contributed by atoms with Gasteiger partial charge in [-0.05, 0) is 31.0 Å². The van der Waals surface area contributed by atoms with Crippen LogP contribution in [0.4, 0.5) is 11.4 Å². The van der Waals surface area contributed by atoms with Gasteiger partial charge in [0.15, 0.2) is 6.61 Å². The van der Waals surface area contributed by atoms with Gasteiger partial charge in [0.25, 0.3) is 5.91 Å². The van der Waals surface area contributed by atoms with Crippen molar-refractivity contribution in [2.75, 3.05) is 37.1 Å². The molecule has 0 spiro atoms. The molecule has 1 amide bonds. The standard InChI is InChI=1S/C14H18N2O3/c1-18-7-6-16-12-8-11(15-10-2-3-10)4-5-13(12)19-9-14(16)17/h4-5,8,10,15H,2-3,6-7,9H2,1H3. The molecular formula is C14H18N2O3. The number of hydrogen-bond acceptors (Lipinski definition) is 4. The maximum absolute atomic E-state index is 11.9. The van der Waals surface area contributed by atoms with E-state index in [-0.39, 0.29) is 12.5 Å². The Hall–Kier alpha value is -1.75. The Bertz CT molecular complexity index is 486. The molecule has 1 aromatic rings. The summed E-state index contributed by atoms with van der Waals surface area (Å²) in [4.78, 5) is 13.7. The van der Waals surface area contributed by atoms with E-state index < -0.39 is 0 Å². The van der Waals surface area contributed by atoms with E-state index in [1.807, 2.05) is 18.2 Å². The van der Waals surface area contributed by atoms with Gasteiger partial charge >= 0.3 is 0 Å². The second kappa shape index (κ2) is 5.09. The number of anilines is 2. The van der Waals surface area contributed by atoms with Crippen LogP contribution >= 0.6 is 0 Å². The predicted octanol–water partition coefficient (Wildman–Crippen LogP) is 1.63. The first-order valence-corrected chi connectivity index (χ1v) is 6.60. The Labute approximate surface area is 112 Å². The molecule has 5 heteroatoms. The summed E-state index contributed by atoms with van der Waals surface area (Å²) in [5.74, 6) is 0.741. The fraction of sp³-hybridized carbons (Fsp3) is 0.500. The number of hydrogen-bond donors (Lipinski definition) is 1. The number of benzene rings is 1. The van der Waals surface area contributed by atoms with E-state index in [1.165, 1.54) is 12.8 Å². The van der Waals surface area contributed by atoms with Crippen LogP contribution in [-0.4, -0.2) is 38.8 Å². The van der Waals surface area contributed by atoms with E-state index in [1.54, 1.807) is 12.0 Å². The van der Waals surface area contributed by atoms with Crippen LogP contribution in [0.1, 0.15) is 12.8 Å². The molecule has 3 rings (SSSR count). The SMILES string of the molecule is COCCN1C(=O)COc2ccc(NC3CC3)cc21. The molecule has 102 valence electrons. The number of nitrogens with one attached hydrogen (secondary N) is 1. The number of carbonyl (C=O) groups is 1. The quantitative estimate of drug-likeness (QED) is 0.876. The van der Waals surface area contributed by atoms with Crippen LogP contribution in [0.5, 0.6) is 5.75 Å². The highest BCUT2D eigenvalue weighted by atomic mass is 16.5. The molecule has 1 saturated carbocycles. The monoisotopic (exact) mass is 262 g/mol. The minimum Gasteiger partial charge on any atom is -0.482 e. The fourth-order valence-electron chi connectivity index (χ4n) is 2.18. The highest BCUT2D eigenvalue weighted by Crippen LogP contribution is 2.35. The fourth-order valence-corrected chi connectivity index (χ4v) is 2.18. The topological polar surface area (TPSA) is 50.8 Å². The molecule has 0 aromatic heterocycles. The lowest BCUT2D eigenvalue weighted by molar-refractivity contribution is -0.121. The molecule has 1 N–H and O–H groups in total. The van der Waals surface area contributed by atoms with Gasteiger partial charge in [-0.15, -0.1) is 0 Å². The van der Waals surface area contributed by atoms with Gasteiger partial charge < -0.3 is 19.7 Å². The molecule has 1 heterocycles. The average Bonchev–Trinajstić information content (AvgIpc) is 3.22. The van der Waals surface area contributed by atoms with Gasteiger partial charge in [-0.2, -0.15) is 0 Å². The maximum atomic E-state index is 11.9. The number of fused-ring (bicyclic) bond motifs is 1. The smallest absolute Gasteiger partial charge is 0.265 e. The van der Waals surface area contributed by atoms with Crippen molar-refractivity contribution in [3.05, 3.63) is 18.2 Å². The number of carbonyl (C=O) groups excluding carboxylic acids is 1. The zero-order valence-electron chi connectivity index (χ0n) is 11.0. The van der Waals surface area contributed by atoms with Gasteiger partial charge in [0.1, 0.15) is 5.75 Å². The molecule has 0 atom stereocenters. The van der Waals surface area contributed by atoms with Gasteiger partial charge in [0.2, 0.25) is 0 Å². The van der Waals surface area contributed by atoms with Crippen molar-refractivity contribution in [1.29, 1.82) is 0 Å². The molecule has 5 nitrogen and oxygen atoms in total. The molecular weight excluding hydrogens is 244 g/mol. The number of methoxy groups -OCH3 is 1. The number of rotatable bonds is 5. The Balaban J connectivity index is 1.84. The molecule has 1 aliphatic heterocycles. The summed E-state index contributed by atoms with van der Waals surface area (Å²) in [5, 5.41) is 3.43. The first-order chi connectivity index (χ1) is 9.28. The van der Waals surface area contributed by atoms with Gasteiger partial charge in [0.05, 0.1) is 12.3 Å². The normalized spacial score (nSPS) is 17.9. The van der Waals surface area contributed by atoms with E-state index in [0.29, 0.717) is 19.2 Å². The van der Waals surface area contributed by atoms with E-state index in [4.69, 9.17) is 9.47 Å². The first kappa shape index (κ1) is 12.3. The third kappa shape index (κ3) is 2.66. The second-order valence-corrected chi connectivity index (χ2v) is 4.93. The predicted molar refractivity (Wildman–Crippen MR) is 72.8 cm³/mol. The summed E-state index contributed by atoms with van der Waals surface area (Å²) < 4.78 is 10.5. The van der Waals surface area contributed by atoms with Crippen LogP contribution < -0.4 is 15.0 Å². The van der Waals surface area contributed by atoms with Crippen LogP contribution in [0.25, 0.3) is 0 Å². The van der Waals surface area contributed by atoms with Crippen molar-refractivity contribution in [1.82, 2.24) is 0 Å². The molecule has 0 bridgehead atoms. The maximum Gasteiger partial charge on any atom is 0.265 e. The van der Waals surface area contributed by atoms with Gasteiger partial charge in [-0.25, -0.2) is 0 Å². The van der Waals surface area contributed by atoms with E-state index in [9.17, 15) is 4.79 Å². The Morgan fingerprint density at radius 1 is 1.47 bits per heavy atom. The van der Waals surface area contributed by atoms with Gasteiger partial charge in [-0.1, -0.05) is 0 Å². The molecule has 2 aliphatic rings. The first-order valence-electron chi connectivity index (χ1n) is 6.60. The number of ether oxygens (including phenoxy) is 2. The third-order valence-corrected chi connectivity index (χ3v) is 3.37. The van der Waals surface area contributed by atoms with Crippen molar-refractivity contribution >= 4 is 17.3 Å². The van der Waals surface area contributed by atoms with E-state index in [2.05, 4.69) is 5.32 Å². The van der Waals surface area contributed by atoms with E-state index in [0.717, 1.165) is 17.1 Å². The number of amides is 1. The van der Waals surface area contributed by atoms with Crippen molar-refractivity contribution < 1.29 is 14.3 Å².